The molecule has 0 aromatic carbocycles. The van der Waals surface area contributed by atoms with Crippen LogP contribution < -0.4 is 5.32 Å². The van der Waals surface area contributed by atoms with Gasteiger partial charge in [0.2, 0.25) is 5.91 Å². The molecular formula is C79H133NO18. The van der Waals surface area contributed by atoms with E-state index >= 15 is 0 Å². The van der Waals surface area contributed by atoms with Crippen molar-refractivity contribution >= 4 is 5.91 Å². The number of aliphatic hydroxyl groups is 11. The molecule has 3 aliphatic rings. The Hall–Kier alpha value is -3.81. The van der Waals surface area contributed by atoms with E-state index in [0.717, 1.165) is 103 Å². The molecule has 0 aromatic heterocycles. The maximum atomic E-state index is 13.4. The minimum Gasteiger partial charge on any atom is -0.394 e. The molecule has 17 unspecified atom stereocenters. The van der Waals surface area contributed by atoms with Crippen LogP contribution in [-0.4, -0.2) is 193 Å². The Morgan fingerprint density at radius 3 is 1.14 bits per heavy atom. The van der Waals surface area contributed by atoms with Crippen LogP contribution in [-0.2, 0) is 33.2 Å². The molecule has 0 radical (unpaired) electrons. The topological polar surface area (TPSA) is 307 Å². The van der Waals surface area contributed by atoms with Gasteiger partial charge in [0.1, 0.15) is 73.2 Å². The smallest absolute Gasteiger partial charge is 0.220 e. The first-order valence-corrected chi connectivity index (χ1v) is 37.8. The van der Waals surface area contributed by atoms with E-state index in [1.807, 2.05) is 6.08 Å². The molecule has 3 aliphatic heterocycles. The first kappa shape index (κ1) is 88.4. The summed E-state index contributed by atoms with van der Waals surface area (Å²) in [7, 11) is 0. The van der Waals surface area contributed by atoms with Gasteiger partial charge in [-0.05, 0) is 96.3 Å². The number of hydrogen-bond donors (Lipinski definition) is 12. The molecule has 3 saturated heterocycles. The molecule has 1 amide bonds. The molecule has 17 atom stereocenters. The van der Waals surface area contributed by atoms with Gasteiger partial charge in [0.05, 0.1) is 38.6 Å². The minimum atomic E-state index is -1.99. The zero-order valence-electron chi connectivity index (χ0n) is 59.7. The molecule has 3 fully saturated rings. The number of unbranched alkanes of at least 4 members (excludes halogenated alkanes) is 23. The van der Waals surface area contributed by atoms with Crippen molar-refractivity contribution in [1.82, 2.24) is 5.32 Å². The first-order chi connectivity index (χ1) is 47.8. The maximum absolute atomic E-state index is 13.4. The second-order valence-corrected chi connectivity index (χ2v) is 26.4. The van der Waals surface area contributed by atoms with Crippen molar-refractivity contribution in [2.75, 3.05) is 26.4 Å². The van der Waals surface area contributed by atoms with E-state index in [0.29, 0.717) is 12.8 Å². The van der Waals surface area contributed by atoms with Crippen LogP contribution in [0, 0.1) is 0 Å². The zero-order chi connectivity index (χ0) is 71.1. The third-order valence-electron chi connectivity index (χ3n) is 18.0. The van der Waals surface area contributed by atoms with Crippen LogP contribution in [0.15, 0.2) is 122 Å². The monoisotopic (exact) mass is 1380 g/mol. The van der Waals surface area contributed by atoms with Gasteiger partial charge in [-0.2, -0.15) is 0 Å². The van der Waals surface area contributed by atoms with Gasteiger partial charge in [0, 0.05) is 6.42 Å². The SMILES string of the molecule is CC/C=C\C/C=C\C/C=C\C/C=C\C/C=C\C/C=C\C/C=C\C/C=C\CCCCCCCCCCCCC(=O)NC(COC1OC(CO)C(OC2OC(CO)C(OC3OC(CO)C(O)C(O)C3O)C(O)C2O)C(O)C1O)C(O)/C=C/CC/C=C/CCCCCCCCCCCCCC. The fourth-order valence-corrected chi connectivity index (χ4v) is 11.9. The highest BCUT2D eigenvalue weighted by atomic mass is 16.8. The molecule has 98 heavy (non-hydrogen) atoms. The van der Waals surface area contributed by atoms with Gasteiger partial charge >= 0.3 is 0 Å². The van der Waals surface area contributed by atoms with Gasteiger partial charge in [0.25, 0.3) is 0 Å². The number of carbonyl (C=O) groups excluding carboxylic acids is 1. The second-order valence-electron chi connectivity index (χ2n) is 26.4. The summed E-state index contributed by atoms with van der Waals surface area (Å²) in [6, 6.07) is -1.00. The first-order valence-electron chi connectivity index (χ1n) is 37.8. The van der Waals surface area contributed by atoms with Crippen molar-refractivity contribution in [3.8, 4) is 0 Å². The molecule has 0 bridgehead atoms. The van der Waals surface area contributed by atoms with E-state index in [9.17, 15) is 61.0 Å². The number of ether oxygens (including phenoxy) is 6. The molecular weight excluding hydrogens is 1250 g/mol. The van der Waals surface area contributed by atoms with Crippen LogP contribution >= 0.6 is 0 Å². The summed E-state index contributed by atoms with van der Waals surface area (Å²) in [4.78, 5) is 13.4. The van der Waals surface area contributed by atoms with Crippen LogP contribution in [0.25, 0.3) is 0 Å². The predicted molar refractivity (Wildman–Crippen MR) is 387 cm³/mol. The van der Waals surface area contributed by atoms with Crippen molar-refractivity contribution in [3.05, 3.63) is 122 Å². The number of allylic oxidation sites excluding steroid dienone is 19. The van der Waals surface area contributed by atoms with E-state index < -0.39 is 124 Å². The molecule has 3 rings (SSSR count). The fraction of sp³-hybridized carbons (Fsp3) is 0.734. The van der Waals surface area contributed by atoms with E-state index in [1.54, 1.807) is 6.08 Å². The van der Waals surface area contributed by atoms with Gasteiger partial charge in [-0.25, -0.2) is 0 Å². The summed E-state index contributed by atoms with van der Waals surface area (Å²) >= 11 is 0. The van der Waals surface area contributed by atoms with Gasteiger partial charge in [-0.15, -0.1) is 0 Å². The lowest BCUT2D eigenvalue weighted by Gasteiger charge is -2.48. The summed E-state index contributed by atoms with van der Waals surface area (Å²) < 4.78 is 34.4. The van der Waals surface area contributed by atoms with Crippen molar-refractivity contribution in [1.29, 1.82) is 0 Å². The van der Waals surface area contributed by atoms with Crippen LogP contribution in [0.3, 0.4) is 0 Å². The molecule has 0 spiro atoms. The van der Waals surface area contributed by atoms with Crippen LogP contribution in [0.1, 0.15) is 239 Å². The molecule has 0 aromatic rings. The number of aliphatic hydroxyl groups excluding tert-OH is 11. The third-order valence-corrected chi connectivity index (χ3v) is 18.0. The molecule has 562 valence electrons. The Kier molecular flexibility index (Phi) is 52.9. The highest BCUT2D eigenvalue weighted by molar-refractivity contribution is 5.76. The number of carbonyl (C=O) groups is 1. The van der Waals surface area contributed by atoms with Crippen LogP contribution in [0.2, 0.25) is 0 Å². The number of nitrogens with one attached hydrogen (secondary N) is 1. The largest absolute Gasteiger partial charge is 0.394 e. The lowest BCUT2D eigenvalue weighted by Crippen LogP contribution is -2.66. The van der Waals surface area contributed by atoms with Crippen molar-refractivity contribution in [2.45, 2.75) is 343 Å². The Labute approximate surface area is 588 Å². The lowest BCUT2D eigenvalue weighted by molar-refractivity contribution is -0.379. The molecule has 3 heterocycles. The van der Waals surface area contributed by atoms with E-state index in [-0.39, 0.29) is 18.9 Å². The summed E-state index contributed by atoms with van der Waals surface area (Å²) in [6.07, 6.45) is 54.6. The highest BCUT2D eigenvalue weighted by Gasteiger charge is 2.53. The van der Waals surface area contributed by atoms with Gasteiger partial charge in [-0.3, -0.25) is 4.79 Å². The van der Waals surface area contributed by atoms with Gasteiger partial charge in [-0.1, -0.05) is 257 Å². The summed E-state index contributed by atoms with van der Waals surface area (Å²) in [5.41, 5.74) is 0. The molecule has 12 N–H and O–H groups in total. The standard InChI is InChI=1S/C79H133NO18/c1-3-5-7-9-11-13-15-17-19-21-23-24-25-26-27-28-29-30-31-32-33-34-35-36-37-38-39-41-43-45-47-49-51-53-55-57-67(85)80-62(63(84)56-54-52-50-48-46-44-42-40-22-20-18-16-14-12-10-8-6-4-2)61-93-77-73(91)70(88)75(65(59-82)95-77)98-79-74(92)71(89)76(66(60-83)96-79)97-78-72(90)69(87)68(86)64(58-81)94-78/h5,7,11,13,17,19,23-24,26-27,29-30,32-33,35-36,46,48,54,56,62-66,68-79,81-84,86-92H,3-4,6,8-10,12,14-16,18,20-22,25,28,31,34,37-45,47,49-53,55,57-61H2,1-2H3,(H,80,85)/b7-5-,13-11-,19-17-,24-23-,27-26-,30-29-,33-32-,36-35-,48-46+,56-54+. The third kappa shape index (κ3) is 39.0. The average Bonchev–Trinajstić information content (AvgIpc) is 0.785. The van der Waals surface area contributed by atoms with E-state index in [1.165, 1.54) is 103 Å². The minimum absolute atomic E-state index is 0.223. The quantitative estimate of drug-likeness (QED) is 0.0199. The van der Waals surface area contributed by atoms with E-state index in [2.05, 4.69) is 129 Å². The summed E-state index contributed by atoms with van der Waals surface area (Å²) in [5.74, 6) is -0.294. The van der Waals surface area contributed by atoms with Crippen molar-refractivity contribution in [2.24, 2.45) is 0 Å². The molecule has 0 saturated carbocycles. The Balaban J connectivity index is 1.38. The Bertz CT molecular complexity index is 2250. The van der Waals surface area contributed by atoms with Crippen LogP contribution in [0.4, 0.5) is 0 Å². The summed E-state index contributed by atoms with van der Waals surface area (Å²) in [5, 5.41) is 121. The average molecular weight is 1380 g/mol. The molecule has 19 heteroatoms. The van der Waals surface area contributed by atoms with Crippen molar-refractivity contribution in [3.63, 3.8) is 0 Å². The summed E-state index contributed by atoms with van der Waals surface area (Å²) in [6.45, 7) is 1.59. The normalized spacial score (nSPS) is 27.5. The van der Waals surface area contributed by atoms with Gasteiger partial charge in [0.15, 0.2) is 18.9 Å². The van der Waals surface area contributed by atoms with Crippen molar-refractivity contribution < 1.29 is 89.4 Å². The Morgan fingerprint density at radius 1 is 0.378 bits per heavy atom. The lowest BCUT2D eigenvalue weighted by atomic mass is 9.96. The highest BCUT2D eigenvalue weighted by Crippen LogP contribution is 2.33. The van der Waals surface area contributed by atoms with Gasteiger partial charge < -0.3 is 89.9 Å². The van der Waals surface area contributed by atoms with Crippen LogP contribution in [0.5, 0.6) is 0 Å². The predicted octanol–water partition coefficient (Wildman–Crippen LogP) is 11.6. The zero-order valence-corrected chi connectivity index (χ0v) is 59.7. The Morgan fingerprint density at radius 2 is 0.714 bits per heavy atom. The number of amides is 1. The number of hydrogen-bond acceptors (Lipinski definition) is 18. The number of rotatable bonds is 57. The molecule has 0 aliphatic carbocycles. The maximum Gasteiger partial charge on any atom is 0.220 e. The molecule has 19 nitrogen and oxygen atoms in total. The second kappa shape index (κ2) is 58.7. The van der Waals surface area contributed by atoms with E-state index in [4.69, 9.17) is 28.4 Å². The fourth-order valence-electron chi connectivity index (χ4n) is 11.9.